The predicted molar refractivity (Wildman–Crippen MR) is 76.8 cm³/mol. The first-order valence-electron chi connectivity index (χ1n) is 7.10. The molecule has 1 fully saturated rings. The molecule has 0 bridgehead atoms. The molecule has 0 spiro atoms. The van der Waals surface area contributed by atoms with Crippen LogP contribution in [0.25, 0.3) is 5.69 Å². The first kappa shape index (κ1) is 13.0. The number of carbonyl (C=O) groups is 1. The van der Waals surface area contributed by atoms with Gasteiger partial charge in [0.2, 0.25) is 0 Å². The van der Waals surface area contributed by atoms with E-state index in [2.05, 4.69) is 15.5 Å². The van der Waals surface area contributed by atoms with Gasteiger partial charge < -0.3 is 10.2 Å². The second-order valence-electron chi connectivity index (χ2n) is 5.49. The second kappa shape index (κ2) is 4.94. The number of amides is 1. The Labute approximate surface area is 126 Å². The van der Waals surface area contributed by atoms with E-state index in [-0.39, 0.29) is 5.91 Å². The molecule has 1 aromatic carbocycles. The molecule has 1 unspecified atom stereocenters. The third-order valence-corrected chi connectivity index (χ3v) is 4.10. The average Bonchev–Trinajstić information content (AvgIpc) is 3.23. The number of rotatable bonds is 2. The largest absolute Gasteiger partial charge is 0.390 e. The zero-order valence-corrected chi connectivity index (χ0v) is 11.7. The minimum Gasteiger partial charge on any atom is -0.390 e. The molecule has 1 aromatic heterocycles. The summed E-state index contributed by atoms with van der Waals surface area (Å²) < 4.78 is 13.6. The average molecular weight is 299 g/mol. The van der Waals surface area contributed by atoms with Gasteiger partial charge in [0.05, 0.1) is 18.0 Å². The van der Waals surface area contributed by atoms with Crippen LogP contribution < -0.4 is 5.32 Å². The molecule has 2 aliphatic heterocycles. The van der Waals surface area contributed by atoms with E-state index in [4.69, 9.17) is 0 Å². The van der Waals surface area contributed by atoms with Gasteiger partial charge in [-0.15, -0.1) is 0 Å². The van der Waals surface area contributed by atoms with E-state index in [9.17, 15) is 9.18 Å². The number of halogens is 1. The van der Waals surface area contributed by atoms with Crippen molar-refractivity contribution < 1.29 is 9.18 Å². The zero-order valence-electron chi connectivity index (χ0n) is 11.7. The lowest BCUT2D eigenvalue weighted by Gasteiger charge is -2.18. The van der Waals surface area contributed by atoms with Crippen molar-refractivity contribution in [1.82, 2.24) is 25.2 Å². The summed E-state index contributed by atoms with van der Waals surface area (Å²) >= 11 is 0. The fourth-order valence-electron chi connectivity index (χ4n) is 3.01. The molecule has 0 saturated carbocycles. The Bertz CT molecular complexity index is 755. The fourth-order valence-corrected chi connectivity index (χ4v) is 3.01. The van der Waals surface area contributed by atoms with Crippen molar-refractivity contribution in [2.75, 3.05) is 19.6 Å². The maximum Gasteiger partial charge on any atom is 0.256 e. The molecule has 1 amide bonds. The van der Waals surface area contributed by atoms with Crippen LogP contribution in [0.5, 0.6) is 0 Å². The number of nitrogens with zero attached hydrogens (tertiary/aromatic N) is 4. The maximum absolute atomic E-state index is 13.6. The first-order valence-corrected chi connectivity index (χ1v) is 7.10. The van der Waals surface area contributed by atoms with E-state index >= 15 is 0 Å². The third-order valence-electron chi connectivity index (χ3n) is 4.10. The van der Waals surface area contributed by atoms with Crippen molar-refractivity contribution in [2.24, 2.45) is 5.92 Å². The van der Waals surface area contributed by atoms with Crippen LogP contribution in [0.2, 0.25) is 0 Å². The van der Waals surface area contributed by atoms with Gasteiger partial charge in [0, 0.05) is 31.6 Å². The van der Waals surface area contributed by atoms with Crippen LogP contribution in [0.4, 0.5) is 4.39 Å². The quantitative estimate of drug-likeness (QED) is 0.897. The lowest BCUT2D eigenvalue weighted by molar-refractivity contribution is 0.0788. The first-order chi connectivity index (χ1) is 10.7. The molecular formula is C15H14FN5O. The molecule has 1 atom stereocenters. The van der Waals surface area contributed by atoms with Crippen molar-refractivity contribution in [3.63, 3.8) is 0 Å². The standard InChI is InChI=1S/C15H14FN5O/c16-12-1-2-13(14(5-12)21-18-3-4-19-21)15(22)20-8-10-6-17-7-11(10)9-20/h1-6,11,17H,7-9H2. The molecule has 4 rings (SSSR count). The van der Waals surface area contributed by atoms with Crippen LogP contribution in [-0.2, 0) is 0 Å². The number of aromatic nitrogens is 3. The minimum absolute atomic E-state index is 0.123. The fraction of sp³-hybridized carbons (Fsp3) is 0.267. The number of carbonyl (C=O) groups excluding carboxylic acids is 1. The lowest BCUT2D eigenvalue weighted by Crippen LogP contribution is -2.31. The lowest BCUT2D eigenvalue weighted by atomic mass is 10.1. The summed E-state index contributed by atoms with van der Waals surface area (Å²) in [6.45, 7) is 2.16. The second-order valence-corrected chi connectivity index (χ2v) is 5.49. The molecule has 2 aliphatic rings. The Hall–Kier alpha value is -2.70. The van der Waals surface area contributed by atoms with E-state index in [0.29, 0.717) is 30.3 Å². The molecule has 22 heavy (non-hydrogen) atoms. The van der Waals surface area contributed by atoms with Gasteiger partial charge in [-0.05, 0) is 23.9 Å². The number of nitrogens with one attached hydrogen (secondary N) is 1. The summed E-state index contributed by atoms with van der Waals surface area (Å²) in [6.07, 6.45) is 4.98. The zero-order chi connectivity index (χ0) is 15.1. The van der Waals surface area contributed by atoms with Crippen molar-refractivity contribution >= 4 is 5.91 Å². The Morgan fingerprint density at radius 1 is 1.32 bits per heavy atom. The molecular weight excluding hydrogens is 285 g/mol. The summed E-state index contributed by atoms with van der Waals surface area (Å²) in [4.78, 5) is 15.9. The monoisotopic (exact) mass is 299 g/mol. The SMILES string of the molecule is O=C(c1ccc(F)cc1-n1nccn1)N1CC2=CNCC2C1. The third kappa shape index (κ3) is 2.05. The number of hydrogen-bond donors (Lipinski definition) is 1. The molecule has 6 nitrogen and oxygen atoms in total. The van der Waals surface area contributed by atoms with Gasteiger partial charge in [0.1, 0.15) is 11.5 Å². The van der Waals surface area contributed by atoms with Crippen LogP contribution in [0.1, 0.15) is 10.4 Å². The van der Waals surface area contributed by atoms with E-state index in [1.165, 1.54) is 41.0 Å². The summed E-state index contributed by atoms with van der Waals surface area (Å²) in [5, 5.41) is 11.2. The van der Waals surface area contributed by atoms with E-state index in [0.717, 1.165) is 6.54 Å². The number of fused-ring (bicyclic) bond motifs is 1. The molecule has 1 saturated heterocycles. The van der Waals surface area contributed by atoms with Gasteiger partial charge in [-0.3, -0.25) is 4.79 Å². The van der Waals surface area contributed by atoms with Crippen LogP contribution >= 0.6 is 0 Å². The number of hydrogen-bond acceptors (Lipinski definition) is 4. The van der Waals surface area contributed by atoms with Crippen LogP contribution in [-0.4, -0.2) is 45.4 Å². The molecule has 0 radical (unpaired) electrons. The Morgan fingerprint density at radius 3 is 2.91 bits per heavy atom. The molecule has 2 aromatic rings. The number of benzene rings is 1. The summed E-state index contributed by atoms with van der Waals surface area (Å²) in [5.41, 5.74) is 2.01. The van der Waals surface area contributed by atoms with E-state index in [1.54, 1.807) is 4.90 Å². The molecule has 0 aliphatic carbocycles. The highest BCUT2D eigenvalue weighted by Gasteiger charge is 2.34. The topological polar surface area (TPSA) is 63.1 Å². The maximum atomic E-state index is 13.6. The summed E-state index contributed by atoms with van der Waals surface area (Å²) in [6, 6.07) is 4.07. The highest BCUT2D eigenvalue weighted by molar-refractivity contribution is 5.98. The van der Waals surface area contributed by atoms with Gasteiger partial charge in [-0.25, -0.2) is 4.39 Å². The highest BCUT2D eigenvalue weighted by Crippen LogP contribution is 2.27. The van der Waals surface area contributed by atoms with Crippen molar-refractivity contribution in [3.8, 4) is 5.69 Å². The van der Waals surface area contributed by atoms with Crippen molar-refractivity contribution in [3.05, 3.63) is 53.7 Å². The van der Waals surface area contributed by atoms with Crippen LogP contribution in [0.3, 0.4) is 0 Å². The highest BCUT2D eigenvalue weighted by atomic mass is 19.1. The van der Waals surface area contributed by atoms with Crippen molar-refractivity contribution in [2.45, 2.75) is 0 Å². The number of likely N-dealkylation sites (tertiary alicyclic amines) is 1. The van der Waals surface area contributed by atoms with Gasteiger partial charge in [0.15, 0.2) is 0 Å². The molecule has 112 valence electrons. The minimum atomic E-state index is -0.422. The van der Waals surface area contributed by atoms with Gasteiger partial charge in [-0.1, -0.05) is 0 Å². The van der Waals surface area contributed by atoms with Gasteiger partial charge in [-0.2, -0.15) is 15.0 Å². The van der Waals surface area contributed by atoms with E-state index in [1.807, 2.05) is 6.20 Å². The van der Waals surface area contributed by atoms with Gasteiger partial charge >= 0.3 is 0 Å². The normalized spacial score (nSPS) is 19.8. The molecule has 7 heteroatoms. The summed E-state index contributed by atoms with van der Waals surface area (Å²) in [7, 11) is 0. The Balaban J connectivity index is 1.69. The molecule has 3 heterocycles. The Morgan fingerprint density at radius 2 is 2.14 bits per heavy atom. The predicted octanol–water partition coefficient (Wildman–Crippen LogP) is 0.965. The van der Waals surface area contributed by atoms with E-state index < -0.39 is 5.82 Å². The van der Waals surface area contributed by atoms with Crippen LogP contribution in [0, 0.1) is 11.7 Å². The molecule has 1 N–H and O–H groups in total. The van der Waals surface area contributed by atoms with Crippen LogP contribution in [0.15, 0.2) is 42.4 Å². The Kier molecular flexibility index (Phi) is 2.92. The van der Waals surface area contributed by atoms with Gasteiger partial charge in [0.25, 0.3) is 5.91 Å². The smallest absolute Gasteiger partial charge is 0.256 e. The van der Waals surface area contributed by atoms with Crippen molar-refractivity contribution in [1.29, 1.82) is 0 Å². The summed E-state index contributed by atoms with van der Waals surface area (Å²) in [5.74, 6) is -0.160.